The summed E-state index contributed by atoms with van der Waals surface area (Å²) in [6, 6.07) is 6.23. The summed E-state index contributed by atoms with van der Waals surface area (Å²) < 4.78 is 5.71. The van der Waals surface area contributed by atoms with E-state index in [1.54, 1.807) is 6.20 Å². The summed E-state index contributed by atoms with van der Waals surface area (Å²) in [5.41, 5.74) is 5.59. The minimum Gasteiger partial charge on any atom is -0.492 e. The Balaban J connectivity index is 2.23. The maximum Gasteiger partial charge on any atom is 0.132 e. The summed E-state index contributed by atoms with van der Waals surface area (Å²) in [6.07, 6.45) is 2.78. The molecule has 2 heterocycles. The first-order valence-corrected chi connectivity index (χ1v) is 5.81. The van der Waals surface area contributed by atoms with Crippen molar-refractivity contribution in [3.63, 3.8) is 0 Å². The molecule has 0 spiro atoms. The molecule has 17 heavy (non-hydrogen) atoms. The molecule has 1 aliphatic heterocycles. The van der Waals surface area contributed by atoms with Crippen LogP contribution in [0.1, 0.15) is 16.7 Å². The van der Waals surface area contributed by atoms with Crippen molar-refractivity contribution in [1.82, 2.24) is 10.2 Å². The van der Waals surface area contributed by atoms with Crippen LogP contribution in [-0.4, -0.2) is 16.8 Å². The standard InChI is InChI=1S/C14H14N2O/c1-9-8-15-16-13(10(9)2)12-5-3-4-11-6-7-17-14(11)12/h3-5,8H,6-7H2,1-2H3. The van der Waals surface area contributed by atoms with Gasteiger partial charge in [0.2, 0.25) is 0 Å². The quantitative estimate of drug-likeness (QED) is 0.750. The Morgan fingerprint density at radius 1 is 1.24 bits per heavy atom. The number of ether oxygens (including phenoxy) is 1. The molecule has 0 N–H and O–H groups in total. The molecular weight excluding hydrogens is 212 g/mol. The van der Waals surface area contributed by atoms with Crippen LogP contribution in [0.25, 0.3) is 11.3 Å². The van der Waals surface area contributed by atoms with Crippen LogP contribution in [0.5, 0.6) is 5.75 Å². The van der Waals surface area contributed by atoms with Crippen molar-refractivity contribution in [2.75, 3.05) is 6.61 Å². The van der Waals surface area contributed by atoms with Crippen LogP contribution in [0.15, 0.2) is 24.4 Å². The molecular formula is C14H14N2O. The second-order valence-corrected chi connectivity index (χ2v) is 4.39. The first-order valence-electron chi connectivity index (χ1n) is 5.81. The molecule has 1 aromatic heterocycles. The fraction of sp³-hybridized carbons (Fsp3) is 0.286. The molecule has 0 atom stereocenters. The smallest absolute Gasteiger partial charge is 0.132 e. The van der Waals surface area contributed by atoms with E-state index >= 15 is 0 Å². The van der Waals surface area contributed by atoms with Gasteiger partial charge in [-0.1, -0.05) is 12.1 Å². The fourth-order valence-electron chi connectivity index (χ4n) is 2.19. The van der Waals surface area contributed by atoms with Gasteiger partial charge in [0.05, 0.1) is 18.5 Å². The molecule has 1 aliphatic rings. The lowest BCUT2D eigenvalue weighted by molar-refractivity contribution is 0.358. The lowest BCUT2D eigenvalue weighted by atomic mass is 10.0. The average molecular weight is 226 g/mol. The minimum absolute atomic E-state index is 0.768. The molecule has 0 saturated heterocycles. The largest absolute Gasteiger partial charge is 0.492 e. The highest BCUT2D eigenvalue weighted by Gasteiger charge is 2.19. The zero-order chi connectivity index (χ0) is 11.8. The molecule has 3 heteroatoms. The van der Waals surface area contributed by atoms with Crippen LogP contribution in [0, 0.1) is 13.8 Å². The van der Waals surface area contributed by atoms with Gasteiger partial charge in [-0.3, -0.25) is 0 Å². The van der Waals surface area contributed by atoms with E-state index in [2.05, 4.69) is 42.2 Å². The predicted molar refractivity (Wildman–Crippen MR) is 66.1 cm³/mol. The molecule has 0 amide bonds. The summed E-state index contributed by atoms with van der Waals surface area (Å²) in [6.45, 7) is 4.90. The van der Waals surface area contributed by atoms with Gasteiger partial charge in [-0.25, -0.2) is 0 Å². The molecule has 0 bridgehead atoms. The van der Waals surface area contributed by atoms with E-state index in [9.17, 15) is 0 Å². The number of para-hydroxylation sites is 1. The van der Waals surface area contributed by atoms with Crippen molar-refractivity contribution in [1.29, 1.82) is 0 Å². The SMILES string of the molecule is Cc1cnnc(-c2cccc3c2OCC3)c1C. The van der Waals surface area contributed by atoms with E-state index in [-0.39, 0.29) is 0 Å². The molecule has 0 unspecified atom stereocenters. The molecule has 0 aliphatic carbocycles. The molecule has 0 radical (unpaired) electrons. The summed E-state index contributed by atoms with van der Waals surface area (Å²) in [5.74, 6) is 0.982. The van der Waals surface area contributed by atoms with Gasteiger partial charge in [0.1, 0.15) is 5.75 Å². The summed E-state index contributed by atoms with van der Waals surface area (Å²) in [5, 5.41) is 8.30. The van der Waals surface area contributed by atoms with E-state index < -0.39 is 0 Å². The fourth-order valence-corrected chi connectivity index (χ4v) is 2.19. The number of rotatable bonds is 1. The zero-order valence-corrected chi connectivity index (χ0v) is 10.0. The summed E-state index contributed by atoms with van der Waals surface area (Å²) in [4.78, 5) is 0. The van der Waals surface area contributed by atoms with Crippen LogP contribution < -0.4 is 4.74 Å². The van der Waals surface area contributed by atoms with Crippen molar-refractivity contribution in [3.05, 3.63) is 41.1 Å². The Kier molecular flexibility index (Phi) is 2.32. The molecule has 86 valence electrons. The molecule has 3 rings (SSSR count). The van der Waals surface area contributed by atoms with Crippen LogP contribution in [0.3, 0.4) is 0 Å². The lowest BCUT2D eigenvalue weighted by Crippen LogP contribution is -1.96. The maximum absolute atomic E-state index is 5.71. The van der Waals surface area contributed by atoms with E-state index in [0.29, 0.717) is 0 Å². The predicted octanol–water partition coefficient (Wildman–Crippen LogP) is 2.70. The Bertz CT molecular complexity index is 578. The van der Waals surface area contributed by atoms with Gasteiger partial charge < -0.3 is 4.74 Å². The molecule has 0 saturated carbocycles. The number of aryl methyl sites for hydroxylation is 1. The Hall–Kier alpha value is -1.90. The van der Waals surface area contributed by atoms with Crippen molar-refractivity contribution in [2.24, 2.45) is 0 Å². The van der Waals surface area contributed by atoms with E-state index in [1.807, 2.05) is 0 Å². The van der Waals surface area contributed by atoms with Gasteiger partial charge >= 0.3 is 0 Å². The first kappa shape index (κ1) is 10.3. The Labute approximate surface area is 100 Å². The number of nitrogens with zero attached hydrogens (tertiary/aromatic N) is 2. The van der Waals surface area contributed by atoms with Gasteiger partial charge in [-0.15, -0.1) is 0 Å². The highest BCUT2D eigenvalue weighted by Crippen LogP contribution is 2.37. The highest BCUT2D eigenvalue weighted by molar-refractivity contribution is 5.72. The molecule has 0 fully saturated rings. The van der Waals surface area contributed by atoms with Crippen LogP contribution in [0.2, 0.25) is 0 Å². The maximum atomic E-state index is 5.71. The van der Waals surface area contributed by atoms with Crippen molar-refractivity contribution in [2.45, 2.75) is 20.3 Å². The second kappa shape index (κ2) is 3.84. The molecule has 1 aromatic carbocycles. The lowest BCUT2D eigenvalue weighted by Gasteiger charge is -2.10. The molecule has 3 nitrogen and oxygen atoms in total. The summed E-state index contributed by atoms with van der Waals surface area (Å²) >= 11 is 0. The first-order chi connectivity index (χ1) is 8.27. The van der Waals surface area contributed by atoms with Crippen LogP contribution in [0.4, 0.5) is 0 Å². The van der Waals surface area contributed by atoms with Crippen molar-refractivity contribution >= 4 is 0 Å². The van der Waals surface area contributed by atoms with Gasteiger partial charge in [0, 0.05) is 12.0 Å². The number of benzene rings is 1. The topological polar surface area (TPSA) is 35.0 Å². The van der Waals surface area contributed by atoms with Crippen LogP contribution in [-0.2, 0) is 6.42 Å². The number of fused-ring (bicyclic) bond motifs is 1. The average Bonchev–Trinajstić information content (AvgIpc) is 2.81. The summed E-state index contributed by atoms with van der Waals surface area (Å²) in [7, 11) is 0. The van der Waals surface area contributed by atoms with Gasteiger partial charge in [-0.05, 0) is 36.6 Å². The molecule has 2 aromatic rings. The van der Waals surface area contributed by atoms with Gasteiger partial charge in [0.15, 0.2) is 0 Å². The Morgan fingerprint density at radius 3 is 3.00 bits per heavy atom. The second-order valence-electron chi connectivity index (χ2n) is 4.39. The van der Waals surface area contributed by atoms with E-state index in [4.69, 9.17) is 4.74 Å². The highest BCUT2D eigenvalue weighted by atomic mass is 16.5. The number of aromatic nitrogens is 2. The third kappa shape index (κ3) is 1.58. The Morgan fingerprint density at radius 2 is 2.12 bits per heavy atom. The van der Waals surface area contributed by atoms with Gasteiger partial charge in [-0.2, -0.15) is 10.2 Å². The van der Waals surface area contributed by atoms with Gasteiger partial charge in [0.25, 0.3) is 0 Å². The normalized spacial score (nSPS) is 13.3. The van der Waals surface area contributed by atoms with Crippen molar-refractivity contribution in [3.8, 4) is 17.0 Å². The number of hydrogen-bond donors (Lipinski definition) is 0. The van der Waals surface area contributed by atoms with E-state index in [0.717, 1.165) is 35.6 Å². The third-order valence-electron chi connectivity index (χ3n) is 3.33. The minimum atomic E-state index is 0.768. The number of hydrogen-bond acceptors (Lipinski definition) is 3. The zero-order valence-electron chi connectivity index (χ0n) is 10.0. The monoisotopic (exact) mass is 226 g/mol. The van der Waals surface area contributed by atoms with Crippen LogP contribution >= 0.6 is 0 Å². The van der Waals surface area contributed by atoms with Crippen molar-refractivity contribution < 1.29 is 4.74 Å². The van der Waals surface area contributed by atoms with E-state index in [1.165, 1.54) is 11.1 Å². The third-order valence-corrected chi connectivity index (χ3v) is 3.33.